The summed E-state index contributed by atoms with van der Waals surface area (Å²) in [6, 6.07) is 6.18. The molecule has 0 saturated carbocycles. The molecule has 18 heavy (non-hydrogen) atoms. The largest absolute Gasteiger partial charge is 0.316 e. The Bertz CT molecular complexity index is 546. The van der Waals surface area contributed by atoms with Gasteiger partial charge in [-0.15, -0.1) is 0 Å². The van der Waals surface area contributed by atoms with Crippen LogP contribution in [0.4, 0.5) is 0 Å². The SMILES string of the molecule is CCn1cc(-c2ccc(CNC)c(Cl)c2)c(C)n1. The first kappa shape index (κ1) is 13.1. The predicted molar refractivity (Wildman–Crippen MR) is 75.8 cm³/mol. The lowest BCUT2D eigenvalue weighted by molar-refractivity contribution is 0.653. The Labute approximate surface area is 113 Å². The maximum absolute atomic E-state index is 6.28. The number of nitrogens with zero attached hydrogens (tertiary/aromatic N) is 2. The van der Waals surface area contributed by atoms with E-state index in [1.807, 2.05) is 24.7 Å². The summed E-state index contributed by atoms with van der Waals surface area (Å²) in [5.41, 5.74) is 4.42. The van der Waals surface area contributed by atoms with Crippen LogP contribution in [0.2, 0.25) is 5.02 Å². The molecule has 0 amide bonds. The lowest BCUT2D eigenvalue weighted by Crippen LogP contribution is -2.05. The molecular weight excluding hydrogens is 246 g/mol. The van der Waals surface area contributed by atoms with Gasteiger partial charge in [0.1, 0.15) is 0 Å². The molecule has 1 N–H and O–H groups in total. The van der Waals surface area contributed by atoms with Crippen molar-refractivity contribution in [2.24, 2.45) is 0 Å². The summed E-state index contributed by atoms with van der Waals surface area (Å²) in [5.74, 6) is 0. The number of hydrogen-bond acceptors (Lipinski definition) is 2. The highest BCUT2D eigenvalue weighted by Gasteiger charge is 2.08. The molecule has 96 valence electrons. The van der Waals surface area contributed by atoms with Gasteiger partial charge in [-0.05, 0) is 38.1 Å². The van der Waals surface area contributed by atoms with Crippen LogP contribution in [-0.4, -0.2) is 16.8 Å². The van der Waals surface area contributed by atoms with Crippen LogP contribution in [0, 0.1) is 6.92 Å². The van der Waals surface area contributed by atoms with Crippen LogP contribution in [0.25, 0.3) is 11.1 Å². The van der Waals surface area contributed by atoms with Crippen molar-refractivity contribution in [1.82, 2.24) is 15.1 Å². The molecule has 0 saturated heterocycles. The molecule has 1 aromatic heterocycles. The van der Waals surface area contributed by atoms with E-state index in [1.165, 1.54) is 0 Å². The quantitative estimate of drug-likeness (QED) is 0.918. The van der Waals surface area contributed by atoms with Gasteiger partial charge in [-0.2, -0.15) is 5.10 Å². The zero-order chi connectivity index (χ0) is 13.1. The molecule has 1 heterocycles. The number of halogens is 1. The molecule has 3 nitrogen and oxygen atoms in total. The van der Waals surface area contributed by atoms with Crippen molar-refractivity contribution in [3.05, 3.63) is 40.7 Å². The van der Waals surface area contributed by atoms with Gasteiger partial charge in [0.15, 0.2) is 0 Å². The van der Waals surface area contributed by atoms with Crippen LogP contribution in [0.15, 0.2) is 24.4 Å². The second kappa shape index (κ2) is 5.55. The average Bonchev–Trinajstić information content (AvgIpc) is 2.73. The number of hydrogen-bond donors (Lipinski definition) is 1. The summed E-state index contributed by atoms with van der Waals surface area (Å²) in [7, 11) is 1.92. The van der Waals surface area contributed by atoms with E-state index in [4.69, 9.17) is 11.6 Å². The zero-order valence-electron chi connectivity index (χ0n) is 11.0. The van der Waals surface area contributed by atoms with Gasteiger partial charge in [0.2, 0.25) is 0 Å². The van der Waals surface area contributed by atoms with Crippen molar-refractivity contribution < 1.29 is 0 Å². The molecule has 0 spiro atoms. The van der Waals surface area contributed by atoms with Gasteiger partial charge in [-0.1, -0.05) is 23.7 Å². The minimum Gasteiger partial charge on any atom is -0.316 e. The first-order valence-corrected chi connectivity index (χ1v) is 6.51. The number of benzene rings is 1. The van der Waals surface area contributed by atoms with E-state index in [2.05, 4.69) is 35.7 Å². The van der Waals surface area contributed by atoms with Gasteiger partial charge in [-0.3, -0.25) is 4.68 Å². The molecule has 0 bridgehead atoms. The molecule has 0 unspecified atom stereocenters. The van der Waals surface area contributed by atoms with Gasteiger partial charge in [0, 0.05) is 29.9 Å². The Kier molecular flexibility index (Phi) is 4.04. The van der Waals surface area contributed by atoms with Crippen LogP contribution in [-0.2, 0) is 13.1 Å². The van der Waals surface area contributed by atoms with Crippen molar-refractivity contribution in [2.45, 2.75) is 26.9 Å². The second-order valence-corrected chi connectivity index (χ2v) is 4.73. The summed E-state index contributed by atoms with van der Waals surface area (Å²) in [5, 5.41) is 8.36. The topological polar surface area (TPSA) is 29.9 Å². The summed E-state index contributed by atoms with van der Waals surface area (Å²) < 4.78 is 1.94. The Balaban J connectivity index is 2.38. The van der Waals surface area contributed by atoms with E-state index >= 15 is 0 Å². The summed E-state index contributed by atoms with van der Waals surface area (Å²) in [6.45, 7) is 5.77. The lowest BCUT2D eigenvalue weighted by atomic mass is 10.0. The predicted octanol–water partition coefficient (Wildman–Crippen LogP) is 3.25. The highest BCUT2D eigenvalue weighted by molar-refractivity contribution is 6.31. The minimum absolute atomic E-state index is 0.784. The normalized spacial score (nSPS) is 10.9. The van der Waals surface area contributed by atoms with E-state index in [0.29, 0.717) is 0 Å². The van der Waals surface area contributed by atoms with E-state index in [0.717, 1.165) is 40.5 Å². The Morgan fingerprint density at radius 1 is 1.39 bits per heavy atom. The maximum Gasteiger partial charge on any atom is 0.0672 e. The summed E-state index contributed by atoms with van der Waals surface area (Å²) >= 11 is 6.28. The van der Waals surface area contributed by atoms with Crippen LogP contribution in [0.5, 0.6) is 0 Å². The standard InChI is InChI=1S/C14H18ClN3/c1-4-18-9-13(10(2)17-18)11-5-6-12(8-16-3)14(15)7-11/h5-7,9,16H,4,8H2,1-3H3. The third-order valence-corrected chi connectivity index (χ3v) is 3.35. The van der Waals surface area contributed by atoms with Crippen molar-refractivity contribution in [2.75, 3.05) is 7.05 Å². The summed E-state index contributed by atoms with van der Waals surface area (Å²) in [4.78, 5) is 0. The van der Waals surface area contributed by atoms with Crippen LogP contribution in [0.1, 0.15) is 18.2 Å². The van der Waals surface area contributed by atoms with Gasteiger partial charge < -0.3 is 5.32 Å². The highest BCUT2D eigenvalue weighted by Crippen LogP contribution is 2.27. The van der Waals surface area contributed by atoms with Crippen molar-refractivity contribution in [3.63, 3.8) is 0 Å². The molecule has 0 atom stereocenters. The Morgan fingerprint density at radius 2 is 2.17 bits per heavy atom. The number of aromatic nitrogens is 2. The maximum atomic E-state index is 6.28. The number of rotatable bonds is 4. The molecule has 2 rings (SSSR count). The minimum atomic E-state index is 0.784. The molecule has 0 aliphatic rings. The third kappa shape index (κ3) is 2.57. The molecule has 0 aliphatic carbocycles. The van der Waals surface area contributed by atoms with E-state index < -0.39 is 0 Å². The van der Waals surface area contributed by atoms with Crippen molar-refractivity contribution in [1.29, 1.82) is 0 Å². The molecule has 1 aromatic carbocycles. The third-order valence-electron chi connectivity index (χ3n) is 3.00. The Hall–Kier alpha value is -1.32. The van der Waals surface area contributed by atoms with Crippen molar-refractivity contribution in [3.8, 4) is 11.1 Å². The van der Waals surface area contributed by atoms with Crippen LogP contribution in [0.3, 0.4) is 0 Å². The zero-order valence-corrected chi connectivity index (χ0v) is 11.8. The second-order valence-electron chi connectivity index (χ2n) is 4.32. The van der Waals surface area contributed by atoms with Gasteiger partial charge in [0.25, 0.3) is 0 Å². The summed E-state index contributed by atoms with van der Waals surface area (Å²) in [6.07, 6.45) is 2.07. The van der Waals surface area contributed by atoms with E-state index in [9.17, 15) is 0 Å². The fourth-order valence-electron chi connectivity index (χ4n) is 2.01. The molecule has 0 fully saturated rings. The number of nitrogens with one attached hydrogen (secondary N) is 1. The monoisotopic (exact) mass is 263 g/mol. The first-order valence-electron chi connectivity index (χ1n) is 6.13. The molecular formula is C14H18ClN3. The lowest BCUT2D eigenvalue weighted by Gasteiger charge is -2.06. The fourth-order valence-corrected chi connectivity index (χ4v) is 2.26. The fraction of sp³-hybridized carbons (Fsp3) is 0.357. The van der Waals surface area contributed by atoms with Crippen LogP contribution >= 0.6 is 11.6 Å². The van der Waals surface area contributed by atoms with Gasteiger partial charge >= 0.3 is 0 Å². The molecule has 4 heteroatoms. The first-order chi connectivity index (χ1) is 8.65. The van der Waals surface area contributed by atoms with Crippen molar-refractivity contribution >= 4 is 11.6 Å². The molecule has 0 radical (unpaired) electrons. The van der Waals surface area contributed by atoms with E-state index in [1.54, 1.807) is 0 Å². The smallest absolute Gasteiger partial charge is 0.0672 e. The number of aryl methyl sites for hydroxylation is 2. The van der Waals surface area contributed by atoms with Gasteiger partial charge in [0.05, 0.1) is 5.69 Å². The van der Waals surface area contributed by atoms with Crippen LogP contribution < -0.4 is 5.32 Å². The van der Waals surface area contributed by atoms with E-state index in [-0.39, 0.29) is 0 Å². The average molecular weight is 264 g/mol. The molecule has 2 aromatic rings. The Morgan fingerprint density at radius 3 is 2.72 bits per heavy atom. The van der Waals surface area contributed by atoms with Gasteiger partial charge in [-0.25, -0.2) is 0 Å². The molecule has 0 aliphatic heterocycles. The highest BCUT2D eigenvalue weighted by atomic mass is 35.5.